The molecular formula is C28H25N3O2S. The maximum Gasteiger partial charge on any atom is 0.337 e. The summed E-state index contributed by atoms with van der Waals surface area (Å²) in [6.07, 6.45) is 0. The normalized spacial score (nSPS) is 11.1. The van der Waals surface area contributed by atoms with Gasteiger partial charge in [-0.15, -0.1) is 11.3 Å². The number of thiophene rings is 1. The van der Waals surface area contributed by atoms with Gasteiger partial charge in [-0.2, -0.15) is 0 Å². The zero-order valence-corrected chi connectivity index (χ0v) is 19.9. The number of aryl methyl sites for hydroxylation is 1. The van der Waals surface area contributed by atoms with Crippen molar-refractivity contribution in [1.82, 2.24) is 15.3 Å². The minimum Gasteiger partial charge on any atom is -0.465 e. The van der Waals surface area contributed by atoms with E-state index in [1.165, 1.54) is 28.7 Å². The highest BCUT2D eigenvalue weighted by Crippen LogP contribution is 2.34. The molecule has 0 bridgehead atoms. The van der Waals surface area contributed by atoms with E-state index in [0.717, 1.165) is 33.8 Å². The van der Waals surface area contributed by atoms with Crippen LogP contribution in [0.2, 0.25) is 0 Å². The summed E-state index contributed by atoms with van der Waals surface area (Å²) >= 11 is 1.74. The van der Waals surface area contributed by atoms with Gasteiger partial charge in [0.25, 0.3) is 0 Å². The molecule has 5 rings (SSSR count). The second-order valence-electron chi connectivity index (χ2n) is 8.22. The SMILES string of the molecule is COC(=O)c1cccc(CNCc2cccc(-c3ccc(-c4nc5c(C)cccc5[nH]4)s3)c2)c1. The lowest BCUT2D eigenvalue weighted by molar-refractivity contribution is 0.0600. The Bertz CT molecular complexity index is 1470. The summed E-state index contributed by atoms with van der Waals surface area (Å²) in [5.74, 6) is 0.593. The van der Waals surface area contributed by atoms with Gasteiger partial charge in [-0.05, 0) is 65.6 Å². The molecule has 3 aromatic carbocycles. The molecule has 0 aliphatic rings. The molecule has 2 heterocycles. The van der Waals surface area contributed by atoms with Crippen molar-refractivity contribution in [3.8, 4) is 21.1 Å². The third-order valence-corrected chi connectivity index (χ3v) is 6.91. The standard InChI is InChI=1S/C28H25N3O2S/c1-18-6-3-11-23-26(18)31-27(30-23)25-13-12-24(34-25)21-9-4-7-19(14-21)16-29-17-20-8-5-10-22(15-20)28(32)33-2/h3-15,29H,16-17H2,1-2H3,(H,30,31). The maximum absolute atomic E-state index is 11.7. The van der Waals surface area contributed by atoms with Gasteiger partial charge in [0.1, 0.15) is 5.82 Å². The first-order chi connectivity index (χ1) is 16.6. The number of para-hydroxylation sites is 1. The van der Waals surface area contributed by atoms with Crippen molar-refractivity contribution in [2.24, 2.45) is 0 Å². The minimum atomic E-state index is -0.317. The zero-order valence-electron chi connectivity index (χ0n) is 19.1. The van der Waals surface area contributed by atoms with Crippen molar-refractivity contribution in [1.29, 1.82) is 0 Å². The lowest BCUT2D eigenvalue weighted by Gasteiger charge is -2.08. The van der Waals surface area contributed by atoms with E-state index in [0.29, 0.717) is 12.1 Å². The minimum absolute atomic E-state index is 0.317. The molecule has 0 spiro atoms. The lowest BCUT2D eigenvalue weighted by atomic mass is 10.1. The maximum atomic E-state index is 11.7. The van der Waals surface area contributed by atoms with Crippen molar-refractivity contribution < 1.29 is 9.53 Å². The van der Waals surface area contributed by atoms with E-state index in [9.17, 15) is 4.79 Å². The Kier molecular flexibility index (Phi) is 6.25. The summed E-state index contributed by atoms with van der Waals surface area (Å²) in [6, 6.07) is 26.6. The molecule has 0 aliphatic heterocycles. The Morgan fingerprint density at radius 2 is 1.68 bits per heavy atom. The fourth-order valence-electron chi connectivity index (χ4n) is 4.02. The fraction of sp³-hybridized carbons (Fsp3) is 0.143. The summed E-state index contributed by atoms with van der Waals surface area (Å²) in [5, 5.41) is 3.47. The number of hydrogen-bond acceptors (Lipinski definition) is 5. The molecule has 6 heteroatoms. The molecule has 2 aromatic heterocycles. The number of carbonyl (C=O) groups is 1. The number of fused-ring (bicyclic) bond motifs is 1. The van der Waals surface area contributed by atoms with E-state index in [1.807, 2.05) is 18.2 Å². The number of aromatic nitrogens is 2. The first kappa shape index (κ1) is 22.1. The van der Waals surface area contributed by atoms with E-state index in [2.05, 4.69) is 71.8 Å². The number of rotatable bonds is 7. The quantitative estimate of drug-likeness (QED) is 0.274. The molecule has 34 heavy (non-hydrogen) atoms. The van der Waals surface area contributed by atoms with Crippen LogP contribution in [0, 0.1) is 6.92 Å². The van der Waals surface area contributed by atoms with Crippen molar-refractivity contribution in [3.63, 3.8) is 0 Å². The Labute approximate surface area is 202 Å². The summed E-state index contributed by atoms with van der Waals surface area (Å²) in [6.45, 7) is 3.49. The van der Waals surface area contributed by atoms with Crippen LogP contribution in [-0.4, -0.2) is 23.0 Å². The molecule has 5 aromatic rings. The number of hydrogen-bond donors (Lipinski definition) is 2. The third kappa shape index (κ3) is 4.64. The van der Waals surface area contributed by atoms with Crippen LogP contribution in [0.3, 0.4) is 0 Å². The van der Waals surface area contributed by atoms with E-state index in [-0.39, 0.29) is 5.97 Å². The molecule has 0 atom stereocenters. The van der Waals surface area contributed by atoms with Gasteiger partial charge in [0, 0.05) is 18.0 Å². The van der Waals surface area contributed by atoms with Gasteiger partial charge in [0.2, 0.25) is 0 Å². The van der Waals surface area contributed by atoms with Gasteiger partial charge in [-0.25, -0.2) is 9.78 Å². The topological polar surface area (TPSA) is 67.0 Å². The Balaban J connectivity index is 1.28. The van der Waals surface area contributed by atoms with Crippen LogP contribution >= 0.6 is 11.3 Å². The summed E-state index contributed by atoms with van der Waals surface area (Å²) in [7, 11) is 1.40. The average molecular weight is 468 g/mol. The van der Waals surface area contributed by atoms with Crippen LogP contribution in [0.4, 0.5) is 0 Å². The number of nitrogens with one attached hydrogen (secondary N) is 2. The number of carbonyl (C=O) groups excluding carboxylic acids is 1. The molecule has 0 radical (unpaired) electrons. The smallest absolute Gasteiger partial charge is 0.337 e. The molecule has 0 saturated carbocycles. The van der Waals surface area contributed by atoms with Crippen LogP contribution in [0.5, 0.6) is 0 Å². The Hall–Kier alpha value is -3.74. The monoisotopic (exact) mass is 467 g/mol. The number of nitrogens with zero attached hydrogens (tertiary/aromatic N) is 1. The van der Waals surface area contributed by atoms with Gasteiger partial charge in [0.05, 0.1) is 28.6 Å². The molecule has 2 N–H and O–H groups in total. The van der Waals surface area contributed by atoms with Crippen LogP contribution in [0.15, 0.2) is 78.9 Å². The zero-order chi connectivity index (χ0) is 23.5. The lowest BCUT2D eigenvalue weighted by Crippen LogP contribution is -2.13. The van der Waals surface area contributed by atoms with Crippen LogP contribution in [-0.2, 0) is 17.8 Å². The van der Waals surface area contributed by atoms with E-state index >= 15 is 0 Å². The highest BCUT2D eigenvalue weighted by molar-refractivity contribution is 7.18. The largest absolute Gasteiger partial charge is 0.465 e. The van der Waals surface area contributed by atoms with Gasteiger partial charge in [-0.1, -0.05) is 42.5 Å². The Morgan fingerprint density at radius 3 is 2.47 bits per heavy atom. The predicted molar refractivity (Wildman–Crippen MR) is 138 cm³/mol. The van der Waals surface area contributed by atoms with E-state index in [1.54, 1.807) is 17.4 Å². The fourth-order valence-corrected chi connectivity index (χ4v) is 4.97. The van der Waals surface area contributed by atoms with Gasteiger partial charge in [-0.3, -0.25) is 0 Å². The molecule has 0 amide bonds. The van der Waals surface area contributed by atoms with E-state index in [4.69, 9.17) is 9.72 Å². The second-order valence-corrected chi connectivity index (χ2v) is 9.30. The molecule has 170 valence electrons. The second kappa shape index (κ2) is 9.63. The highest BCUT2D eigenvalue weighted by atomic mass is 32.1. The molecule has 5 nitrogen and oxygen atoms in total. The van der Waals surface area contributed by atoms with Crippen LogP contribution < -0.4 is 5.32 Å². The van der Waals surface area contributed by atoms with Crippen LogP contribution in [0.25, 0.3) is 32.2 Å². The summed E-state index contributed by atoms with van der Waals surface area (Å²) < 4.78 is 4.81. The van der Waals surface area contributed by atoms with E-state index < -0.39 is 0 Å². The van der Waals surface area contributed by atoms with Crippen molar-refractivity contribution in [2.45, 2.75) is 20.0 Å². The summed E-state index contributed by atoms with van der Waals surface area (Å²) in [5.41, 5.74) is 7.27. The molecule has 0 saturated heterocycles. The van der Waals surface area contributed by atoms with Crippen LogP contribution in [0.1, 0.15) is 27.0 Å². The van der Waals surface area contributed by atoms with Gasteiger partial charge in [0.15, 0.2) is 0 Å². The predicted octanol–water partition coefficient (Wildman–Crippen LogP) is 6.34. The molecule has 0 fully saturated rings. The van der Waals surface area contributed by atoms with Gasteiger partial charge >= 0.3 is 5.97 Å². The molecular weight excluding hydrogens is 442 g/mol. The number of benzene rings is 3. The van der Waals surface area contributed by atoms with Crippen molar-refractivity contribution >= 4 is 28.3 Å². The number of methoxy groups -OCH3 is 1. The highest BCUT2D eigenvalue weighted by Gasteiger charge is 2.11. The number of esters is 1. The first-order valence-corrected chi connectivity index (χ1v) is 12.0. The number of H-pyrrole nitrogens is 1. The number of aromatic amines is 1. The van der Waals surface area contributed by atoms with Gasteiger partial charge < -0.3 is 15.0 Å². The molecule has 0 unspecified atom stereocenters. The first-order valence-electron chi connectivity index (χ1n) is 11.1. The third-order valence-electron chi connectivity index (χ3n) is 5.77. The van der Waals surface area contributed by atoms with Crippen molar-refractivity contribution in [3.05, 3.63) is 101 Å². The number of imidazole rings is 1. The average Bonchev–Trinajstić information content (AvgIpc) is 3.52. The van der Waals surface area contributed by atoms with Crippen molar-refractivity contribution in [2.75, 3.05) is 7.11 Å². The summed E-state index contributed by atoms with van der Waals surface area (Å²) in [4.78, 5) is 22.3. The molecule has 0 aliphatic carbocycles. The number of ether oxygens (including phenoxy) is 1. The Morgan fingerprint density at radius 1 is 0.941 bits per heavy atom.